The highest BCUT2D eigenvalue weighted by molar-refractivity contribution is 14.0. The quantitative estimate of drug-likeness (QED) is 0.332. The maximum atomic E-state index is 6.00. The van der Waals surface area contributed by atoms with Gasteiger partial charge in [-0.25, -0.2) is 9.97 Å². The number of rotatable bonds is 5. The Morgan fingerprint density at radius 1 is 1.15 bits per heavy atom. The number of pyridine rings is 1. The van der Waals surface area contributed by atoms with Gasteiger partial charge in [-0.05, 0) is 29.3 Å². The van der Waals surface area contributed by atoms with Crippen LogP contribution in [0.25, 0.3) is 5.82 Å². The Balaban J connectivity index is 0.00000243. The van der Waals surface area contributed by atoms with Gasteiger partial charge in [-0.3, -0.25) is 9.56 Å². The van der Waals surface area contributed by atoms with Gasteiger partial charge in [0.15, 0.2) is 5.96 Å². The van der Waals surface area contributed by atoms with Crippen molar-refractivity contribution in [2.24, 2.45) is 4.99 Å². The normalized spacial score (nSPS) is 10.9. The summed E-state index contributed by atoms with van der Waals surface area (Å²) in [6, 6.07) is 11.7. The molecule has 0 aliphatic heterocycles. The number of hydrogen-bond donors (Lipinski definition) is 2. The highest BCUT2D eigenvalue weighted by Gasteiger charge is 2.01. The molecule has 0 spiro atoms. The molecule has 3 rings (SSSR count). The van der Waals surface area contributed by atoms with Crippen LogP contribution in [0, 0.1) is 0 Å². The van der Waals surface area contributed by atoms with Crippen LogP contribution in [0.3, 0.4) is 0 Å². The second-order valence-corrected chi connectivity index (χ2v) is 5.84. The number of guanidine groups is 1. The topological polar surface area (TPSA) is 67.1 Å². The van der Waals surface area contributed by atoms with Gasteiger partial charge in [0.2, 0.25) is 0 Å². The van der Waals surface area contributed by atoms with Gasteiger partial charge >= 0.3 is 0 Å². The molecule has 0 aliphatic rings. The van der Waals surface area contributed by atoms with Crippen LogP contribution in [-0.4, -0.2) is 27.5 Å². The van der Waals surface area contributed by atoms with Crippen molar-refractivity contribution in [2.45, 2.75) is 13.1 Å². The van der Waals surface area contributed by atoms with Crippen LogP contribution >= 0.6 is 35.6 Å². The lowest BCUT2D eigenvalue weighted by Gasteiger charge is -2.12. The van der Waals surface area contributed by atoms with Gasteiger partial charge < -0.3 is 10.6 Å². The van der Waals surface area contributed by atoms with E-state index in [9.17, 15) is 0 Å². The molecule has 6 nitrogen and oxygen atoms in total. The van der Waals surface area contributed by atoms with Gasteiger partial charge in [0.1, 0.15) is 12.1 Å². The summed E-state index contributed by atoms with van der Waals surface area (Å²) >= 11 is 6.00. The van der Waals surface area contributed by atoms with Crippen LogP contribution < -0.4 is 10.6 Å². The molecule has 3 aromatic rings. The molecule has 2 N–H and O–H groups in total. The Morgan fingerprint density at radius 2 is 1.96 bits per heavy atom. The molecular formula is C18H20ClIN6. The molecule has 26 heavy (non-hydrogen) atoms. The fourth-order valence-electron chi connectivity index (χ4n) is 2.31. The summed E-state index contributed by atoms with van der Waals surface area (Å²) in [5, 5.41) is 7.26. The number of nitrogens with one attached hydrogen (secondary N) is 2. The minimum atomic E-state index is 0. The Kier molecular flexibility index (Phi) is 7.86. The van der Waals surface area contributed by atoms with Crippen LogP contribution in [0.15, 0.2) is 66.3 Å². The number of halogens is 2. The summed E-state index contributed by atoms with van der Waals surface area (Å²) in [5.41, 5.74) is 2.16. The lowest BCUT2D eigenvalue weighted by molar-refractivity contribution is 0.805. The van der Waals surface area contributed by atoms with E-state index in [1.165, 1.54) is 0 Å². The molecule has 0 bridgehead atoms. The minimum absolute atomic E-state index is 0. The Hall–Kier alpha value is -2.13. The summed E-state index contributed by atoms with van der Waals surface area (Å²) in [4.78, 5) is 12.7. The molecule has 0 unspecified atom stereocenters. The van der Waals surface area contributed by atoms with E-state index in [1.807, 2.05) is 53.4 Å². The molecule has 0 radical (unpaired) electrons. The van der Waals surface area contributed by atoms with Crippen molar-refractivity contribution in [3.63, 3.8) is 0 Å². The monoisotopic (exact) mass is 482 g/mol. The van der Waals surface area contributed by atoms with Gasteiger partial charge in [0, 0.05) is 43.8 Å². The van der Waals surface area contributed by atoms with Gasteiger partial charge in [0.05, 0.1) is 0 Å². The first kappa shape index (κ1) is 20.2. The summed E-state index contributed by atoms with van der Waals surface area (Å²) in [6.07, 6.45) is 7.16. The Labute approximate surface area is 174 Å². The molecule has 0 fully saturated rings. The molecule has 0 amide bonds. The fraction of sp³-hybridized carbons (Fsp3) is 0.167. The van der Waals surface area contributed by atoms with E-state index in [1.54, 1.807) is 19.6 Å². The molecule has 0 aliphatic carbocycles. The third-order valence-corrected chi connectivity index (χ3v) is 3.85. The van der Waals surface area contributed by atoms with E-state index in [2.05, 4.69) is 25.6 Å². The van der Waals surface area contributed by atoms with E-state index in [4.69, 9.17) is 11.6 Å². The first-order valence-corrected chi connectivity index (χ1v) is 8.24. The van der Waals surface area contributed by atoms with E-state index in [-0.39, 0.29) is 24.0 Å². The van der Waals surface area contributed by atoms with E-state index in [0.29, 0.717) is 13.1 Å². The molecule has 0 saturated heterocycles. The summed E-state index contributed by atoms with van der Waals surface area (Å²) in [5.74, 6) is 1.56. The van der Waals surface area contributed by atoms with Crippen molar-refractivity contribution >= 4 is 41.5 Å². The zero-order valence-electron chi connectivity index (χ0n) is 14.3. The number of aromatic nitrogens is 3. The third kappa shape index (κ3) is 5.70. The predicted molar refractivity (Wildman–Crippen MR) is 115 cm³/mol. The zero-order chi connectivity index (χ0) is 17.5. The lowest BCUT2D eigenvalue weighted by atomic mass is 10.2. The largest absolute Gasteiger partial charge is 0.352 e. The number of nitrogens with zero attached hydrogens (tertiary/aromatic N) is 4. The average molecular weight is 483 g/mol. The van der Waals surface area contributed by atoms with Crippen LogP contribution in [0.4, 0.5) is 0 Å². The number of imidazole rings is 1. The molecule has 1 aromatic carbocycles. The second kappa shape index (κ2) is 10.1. The fourth-order valence-corrected chi connectivity index (χ4v) is 2.52. The maximum Gasteiger partial charge on any atom is 0.191 e. The summed E-state index contributed by atoms with van der Waals surface area (Å²) in [6.45, 7) is 1.28. The van der Waals surface area contributed by atoms with Crippen LogP contribution in [0.1, 0.15) is 11.1 Å². The second-order valence-electron chi connectivity index (χ2n) is 5.40. The smallest absolute Gasteiger partial charge is 0.191 e. The highest BCUT2D eigenvalue weighted by Crippen LogP contribution is 2.10. The standard InChI is InChI=1S/C18H19ClN6.HI/c1-20-18(23-10-14-3-2-4-16(19)9-14)24-12-15-5-6-17(22-11-15)25-8-7-21-13-25;/h2-9,11,13H,10,12H2,1H3,(H2,20,23,24);1H. The SMILES string of the molecule is CN=C(NCc1ccc(-n2ccnc2)nc1)NCc1cccc(Cl)c1.I. The predicted octanol–water partition coefficient (Wildman–Crippen LogP) is 3.40. The van der Waals surface area contributed by atoms with Crippen molar-refractivity contribution in [2.75, 3.05) is 7.05 Å². The minimum Gasteiger partial charge on any atom is -0.352 e. The van der Waals surface area contributed by atoms with Crippen molar-refractivity contribution in [3.8, 4) is 5.82 Å². The molecule has 0 saturated carbocycles. The van der Waals surface area contributed by atoms with Crippen molar-refractivity contribution < 1.29 is 0 Å². The molecule has 8 heteroatoms. The first-order chi connectivity index (χ1) is 12.2. The van der Waals surface area contributed by atoms with E-state index < -0.39 is 0 Å². The molecule has 2 heterocycles. The molecule has 0 atom stereocenters. The Bertz CT molecular complexity index is 833. The number of benzene rings is 1. The summed E-state index contributed by atoms with van der Waals surface area (Å²) < 4.78 is 1.86. The first-order valence-electron chi connectivity index (χ1n) is 7.87. The van der Waals surface area contributed by atoms with Gasteiger partial charge in [-0.1, -0.05) is 29.8 Å². The van der Waals surface area contributed by atoms with Crippen LogP contribution in [0.5, 0.6) is 0 Å². The number of hydrogen-bond acceptors (Lipinski definition) is 3. The number of aliphatic imine (C=N–C) groups is 1. The van der Waals surface area contributed by atoms with Gasteiger partial charge in [-0.2, -0.15) is 0 Å². The van der Waals surface area contributed by atoms with Gasteiger partial charge in [-0.15, -0.1) is 24.0 Å². The maximum absolute atomic E-state index is 6.00. The molecule has 136 valence electrons. The van der Waals surface area contributed by atoms with Crippen molar-refractivity contribution in [1.29, 1.82) is 0 Å². The van der Waals surface area contributed by atoms with E-state index >= 15 is 0 Å². The molecular weight excluding hydrogens is 463 g/mol. The summed E-state index contributed by atoms with van der Waals surface area (Å²) in [7, 11) is 1.74. The van der Waals surface area contributed by atoms with Gasteiger partial charge in [0.25, 0.3) is 0 Å². The van der Waals surface area contributed by atoms with Crippen LogP contribution in [0.2, 0.25) is 5.02 Å². The Morgan fingerprint density at radius 3 is 2.58 bits per heavy atom. The highest BCUT2D eigenvalue weighted by atomic mass is 127. The average Bonchev–Trinajstić information content (AvgIpc) is 3.17. The third-order valence-electron chi connectivity index (χ3n) is 3.61. The van der Waals surface area contributed by atoms with Crippen molar-refractivity contribution in [3.05, 3.63) is 77.5 Å². The van der Waals surface area contributed by atoms with Crippen molar-refractivity contribution in [1.82, 2.24) is 25.2 Å². The van der Waals surface area contributed by atoms with E-state index in [0.717, 1.165) is 27.9 Å². The lowest BCUT2D eigenvalue weighted by Crippen LogP contribution is -2.36. The zero-order valence-corrected chi connectivity index (χ0v) is 17.3. The van der Waals surface area contributed by atoms with Crippen LogP contribution in [-0.2, 0) is 13.1 Å². The molecule has 2 aromatic heterocycles.